The molecule has 36 heavy (non-hydrogen) atoms. The van der Waals surface area contributed by atoms with E-state index in [2.05, 4.69) is 22.3 Å². The fourth-order valence-corrected chi connectivity index (χ4v) is 5.55. The van der Waals surface area contributed by atoms with Gasteiger partial charge >= 0.3 is 0 Å². The van der Waals surface area contributed by atoms with Crippen LogP contribution in [0, 0.1) is 5.92 Å². The molecule has 1 saturated carbocycles. The van der Waals surface area contributed by atoms with Gasteiger partial charge in [-0.15, -0.1) is 0 Å². The van der Waals surface area contributed by atoms with Gasteiger partial charge in [0, 0.05) is 36.3 Å². The normalized spacial score (nSPS) is 20.5. The number of nitrogens with zero attached hydrogens (tertiary/aromatic N) is 1. The Bertz CT molecular complexity index is 1130. The summed E-state index contributed by atoms with van der Waals surface area (Å²) >= 11 is 0. The molecule has 0 radical (unpaired) electrons. The number of hydrogen-bond donors (Lipinski definition) is 1. The average molecular weight is 487 g/mol. The van der Waals surface area contributed by atoms with Gasteiger partial charge in [0.05, 0.1) is 0 Å². The highest BCUT2D eigenvalue weighted by molar-refractivity contribution is 5.99. The van der Waals surface area contributed by atoms with E-state index in [1.807, 2.05) is 24.3 Å². The van der Waals surface area contributed by atoms with Crippen molar-refractivity contribution in [3.63, 3.8) is 0 Å². The molecule has 5 heteroatoms. The summed E-state index contributed by atoms with van der Waals surface area (Å²) in [6, 6.07) is 13.8. The standard InChI is InChI=1S/C31H38N2O3/c1-22(34)27-10-9-25-16-19-33(20-17-28(25)21-27)18-15-24-7-12-29(13-8-24)32-31(36)14-11-26-5-3-4-6-30(26)23(2)35/h3-6,9-11,14,21,24,29H,7-8,12-13,15-20H2,1-2H3,(H,32,36)/b14-11+. The summed E-state index contributed by atoms with van der Waals surface area (Å²) < 4.78 is 0. The third-order valence-corrected chi connectivity index (χ3v) is 7.81. The minimum atomic E-state index is -0.0890. The molecule has 1 N–H and O–H groups in total. The smallest absolute Gasteiger partial charge is 0.244 e. The molecule has 0 bridgehead atoms. The monoisotopic (exact) mass is 486 g/mol. The first-order valence-electron chi connectivity index (χ1n) is 13.3. The van der Waals surface area contributed by atoms with Crippen LogP contribution in [-0.2, 0) is 17.6 Å². The summed E-state index contributed by atoms with van der Waals surface area (Å²) in [4.78, 5) is 38.5. The zero-order valence-corrected chi connectivity index (χ0v) is 21.6. The summed E-state index contributed by atoms with van der Waals surface area (Å²) in [6.45, 7) is 6.43. The second-order valence-corrected chi connectivity index (χ2v) is 10.4. The van der Waals surface area contributed by atoms with E-state index in [0.717, 1.165) is 69.3 Å². The summed E-state index contributed by atoms with van der Waals surface area (Å²) in [7, 11) is 0. The summed E-state index contributed by atoms with van der Waals surface area (Å²) in [5.41, 5.74) is 4.95. The van der Waals surface area contributed by atoms with Crippen molar-refractivity contribution in [2.75, 3.05) is 19.6 Å². The van der Waals surface area contributed by atoms with Crippen LogP contribution in [0.1, 0.15) is 83.4 Å². The molecule has 1 heterocycles. The van der Waals surface area contributed by atoms with Crippen LogP contribution in [0.5, 0.6) is 0 Å². The Kier molecular flexibility index (Phi) is 8.87. The molecule has 190 valence electrons. The Hall–Kier alpha value is -3.05. The van der Waals surface area contributed by atoms with Crippen LogP contribution in [0.25, 0.3) is 6.08 Å². The zero-order valence-electron chi connectivity index (χ0n) is 21.6. The lowest BCUT2D eigenvalue weighted by molar-refractivity contribution is -0.117. The molecule has 4 rings (SSSR count). The zero-order chi connectivity index (χ0) is 25.5. The van der Waals surface area contributed by atoms with E-state index < -0.39 is 0 Å². The maximum atomic E-state index is 12.5. The first-order chi connectivity index (χ1) is 17.4. The van der Waals surface area contributed by atoms with Crippen molar-refractivity contribution < 1.29 is 14.4 Å². The van der Waals surface area contributed by atoms with Gasteiger partial charge < -0.3 is 10.2 Å². The maximum Gasteiger partial charge on any atom is 0.244 e. The van der Waals surface area contributed by atoms with E-state index in [1.54, 1.807) is 32.1 Å². The summed E-state index contributed by atoms with van der Waals surface area (Å²) in [5.74, 6) is 0.765. The largest absolute Gasteiger partial charge is 0.350 e. The first-order valence-corrected chi connectivity index (χ1v) is 13.3. The topological polar surface area (TPSA) is 66.5 Å². The van der Waals surface area contributed by atoms with Crippen molar-refractivity contribution in [3.05, 3.63) is 76.4 Å². The van der Waals surface area contributed by atoms with E-state index in [-0.39, 0.29) is 23.5 Å². The molecule has 2 aromatic carbocycles. The van der Waals surface area contributed by atoms with Gasteiger partial charge in [0.25, 0.3) is 0 Å². The first kappa shape index (κ1) is 26.0. The Labute approximate surface area is 215 Å². The second-order valence-electron chi connectivity index (χ2n) is 10.4. The van der Waals surface area contributed by atoms with Gasteiger partial charge in [-0.3, -0.25) is 14.4 Å². The van der Waals surface area contributed by atoms with Crippen LogP contribution in [0.3, 0.4) is 0 Å². The molecule has 2 aromatic rings. The third-order valence-electron chi connectivity index (χ3n) is 7.81. The van der Waals surface area contributed by atoms with Crippen molar-refractivity contribution in [2.24, 2.45) is 5.92 Å². The van der Waals surface area contributed by atoms with E-state index in [9.17, 15) is 14.4 Å². The van der Waals surface area contributed by atoms with Crippen LogP contribution in [-0.4, -0.2) is 48.0 Å². The predicted molar refractivity (Wildman–Crippen MR) is 144 cm³/mol. The summed E-state index contributed by atoms with van der Waals surface area (Å²) in [5, 5.41) is 3.15. The average Bonchev–Trinajstić information content (AvgIpc) is 3.09. The fourth-order valence-electron chi connectivity index (χ4n) is 5.55. The lowest BCUT2D eigenvalue weighted by atomic mass is 9.84. The number of nitrogens with one attached hydrogen (secondary N) is 1. The lowest BCUT2D eigenvalue weighted by Crippen LogP contribution is -2.37. The van der Waals surface area contributed by atoms with Gasteiger partial charge in [-0.2, -0.15) is 0 Å². The molecule has 0 atom stereocenters. The van der Waals surface area contributed by atoms with Gasteiger partial charge in [-0.05, 0) is 100 Å². The third kappa shape index (κ3) is 7.01. The van der Waals surface area contributed by atoms with Crippen LogP contribution in [0.15, 0.2) is 48.5 Å². The number of hydrogen-bond acceptors (Lipinski definition) is 4. The number of rotatable bonds is 8. The predicted octanol–water partition coefficient (Wildman–Crippen LogP) is 5.27. The number of amides is 1. The number of carbonyl (C=O) groups excluding carboxylic acids is 3. The Morgan fingerprint density at radius 1 is 0.917 bits per heavy atom. The second kappa shape index (κ2) is 12.3. The van der Waals surface area contributed by atoms with E-state index in [1.165, 1.54) is 17.5 Å². The summed E-state index contributed by atoms with van der Waals surface area (Å²) in [6.07, 6.45) is 10.9. The van der Waals surface area contributed by atoms with Crippen molar-refractivity contribution in [1.29, 1.82) is 0 Å². The maximum absolute atomic E-state index is 12.5. The molecule has 1 aliphatic carbocycles. The number of Topliss-reactive ketones (excluding diaryl/α,β-unsaturated/α-hetero) is 2. The van der Waals surface area contributed by atoms with Crippen LogP contribution in [0.4, 0.5) is 0 Å². The molecule has 0 spiro atoms. The van der Waals surface area contributed by atoms with Gasteiger partial charge in [0.2, 0.25) is 5.91 Å². The quantitative estimate of drug-likeness (QED) is 0.408. The van der Waals surface area contributed by atoms with Gasteiger partial charge in [-0.25, -0.2) is 0 Å². The van der Waals surface area contributed by atoms with E-state index in [4.69, 9.17) is 0 Å². The Morgan fingerprint density at radius 3 is 2.36 bits per heavy atom. The highest BCUT2D eigenvalue weighted by Crippen LogP contribution is 2.28. The van der Waals surface area contributed by atoms with Gasteiger partial charge in [-0.1, -0.05) is 36.4 Å². The molecular formula is C31H38N2O3. The van der Waals surface area contributed by atoms with Crippen molar-refractivity contribution >= 4 is 23.5 Å². The van der Waals surface area contributed by atoms with Crippen molar-refractivity contribution in [2.45, 2.75) is 64.8 Å². The highest BCUT2D eigenvalue weighted by Gasteiger charge is 2.23. The molecule has 5 nitrogen and oxygen atoms in total. The molecule has 0 aromatic heterocycles. The number of benzene rings is 2. The van der Waals surface area contributed by atoms with Crippen molar-refractivity contribution in [3.8, 4) is 0 Å². The molecule has 1 fully saturated rings. The number of fused-ring (bicyclic) bond motifs is 1. The van der Waals surface area contributed by atoms with Crippen molar-refractivity contribution in [1.82, 2.24) is 10.2 Å². The minimum Gasteiger partial charge on any atom is -0.350 e. The van der Waals surface area contributed by atoms with Gasteiger partial charge in [0.1, 0.15) is 0 Å². The SMILES string of the molecule is CC(=O)c1ccc2c(c1)CCN(CCC1CCC(NC(=O)/C=C/c3ccccc3C(C)=O)CC1)CC2. The van der Waals surface area contributed by atoms with Crippen LogP contribution in [0.2, 0.25) is 0 Å². The molecule has 1 amide bonds. The molecule has 1 aliphatic heterocycles. The molecule has 0 saturated heterocycles. The number of ketones is 2. The number of carbonyl (C=O) groups is 3. The minimum absolute atomic E-state index is 0.000754. The van der Waals surface area contributed by atoms with Crippen LogP contribution < -0.4 is 5.32 Å². The van der Waals surface area contributed by atoms with Crippen LogP contribution >= 0.6 is 0 Å². The molecule has 0 unspecified atom stereocenters. The van der Waals surface area contributed by atoms with Gasteiger partial charge in [0.15, 0.2) is 11.6 Å². The molecule has 2 aliphatic rings. The van der Waals surface area contributed by atoms with E-state index >= 15 is 0 Å². The fraction of sp³-hybridized carbons (Fsp3) is 0.452. The lowest BCUT2D eigenvalue weighted by Gasteiger charge is -2.30. The molecular weight excluding hydrogens is 448 g/mol. The van der Waals surface area contributed by atoms with E-state index in [0.29, 0.717) is 11.5 Å². The Morgan fingerprint density at radius 2 is 1.64 bits per heavy atom. The highest BCUT2D eigenvalue weighted by atomic mass is 16.1. The Balaban J connectivity index is 1.18.